The second kappa shape index (κ2) is 6.44. The Bertz CT molecular complexity index is 444. The summed E-state index contributed by atoms with van der Waals surface area (Å²) in [5.41, 5.74) is 1.48. The summed E-state index contributed by atoms with van der Waals surface area (Å²) in [5, 5.41) is 9.52. The molecule has 0 aliphatic carbocycles. The van der Waals surface area contributed by atoms with E-state index in [0.717, 1.165) is 12.1 Å². The van der Waals surface area contributed by atoms with Crippen LogP contribution in [0.3, 0.4) is 0 Å². The highest BCUT2D eigenvalue weighted by molar-refractivity contribution is 7.80. The lowest BCUT2D eigenvalue weighted by Crippen LogP contribution is -2.44. The Labute approximate surface area is 112 Å². The zero-order valence-electron chi connectivity index (χ0n) is 10.7. The minimum atomic E-state index is -0.643. The van der Waals surface area contributed by atoms with E-state index in [1.54, 1.807) is 17.9 Å². The van der Waals surface area contributed by atoms with E-state index in [2.05, 4.69) is 28.4 Å². The smallest absolute Gasteiger partial charge is 0.247 e. The average Bonchev–Trinajstić information content (AvgIpc) is 2.65. The van der Waals surface area contributed by atoms with E-state index in [9.17, 15) is 9.59 Å². The van der Waals surface area contributed by atoms with Gasteiger partial charge in [-0.2, -0.15) is 17.7 Å². The van der Waals surface area contributed by atoms with E-state index >= 15 is 0 Å². The minimum Gasteiger partial charge on any atom is -0.344 e. The van der Waals surface area contributed by atoms with Crippen LogP contribution in [-0.2, 0) is 23.1 Å². The second-order valence-electron chi connectivity index (χ2n) is 3.94. The van der Waals surface area contributed by atoms with Gasteiger partial charge in [-0.3, -0.25) is 14.3 Å². The monoisotopic (exact) mass is 270 g/mol. The van der Waals surface area contributed by atoms with Crippen LogP contribution in [0.5, 0.6) is 0 Å². The third-order valence-electron chi connectivity index (χ3n) is 2.37. The van der Waals surface area contributed by atoms with Crippen molar-refractivity contribution < 1.29 is 9.59 Å². The lowest BCUT2D eigenvalue weighted by molar-refractivity contribution is -0.124. The Balaban J connectivity index is 2.75. The van der Waals surface area contributed by atoms with Crippen molar-refractivity contribution in [3.05, 3.63) is 11.9 Å². The molecule has 0 aliphatic rings. The summed E-state index contributed by atoms with van der Waals surface area (Å²) < 4.78 is 1.64. The first-order valence-electron chi connectivity index (χ1n) is 5.69. The van der Waals surface area contributed by atoms with Crippen LogP contribution in [0, 0.1) is 0 Å². The normalized spacial score (nSPS) is 12.0. The lowest BCUT2D eigenvalue weighted by Gasteiger charge is -2.14. The van der Waals surface area contributed by atoms with Gasteiger partial charge in [-0.15, -0.1) is 0 Å². The molecule has 1 aromatic heterocycles. The molecule has 1 rings (SSSR count). The molecule has 2 N–H and O–H groups in total. The largest absolute Gasteiger partial charge is 0.344 e. The number of hydrogen-bond acceptors (Lipinski definition) is 4. The lowest BCUT2D eigenvalue weighted by atomic mass is 10.2. The van der Waals surface area contributed by atoms with Gasteiger partial charge >= 0.3 is 0 Å². The number of anilines is 1. The van der Waals surface area contributed by atoms with Crippen LogP contribution in [0.1, 0.15) is 19.5 Å². The van der Waals surface area contributed by atoms with Crippen molar-refractivity contribution in [2.24, 2.45) is 7.05 Å². The van der Waals surface area contributed by atoms with Gasteiger partial charge in [-0.25, -0.2) is 0 Å². The first kappa shape index (κ1) is 14.6. The number of carbonyl (C=O) groups excluding carboxylic acids is 2. The maximum atomic E-state index is 11.9. The molecule has 0 radical (unpaired) electrons. The van der Waals surface area contributed by atoms with E-state index in [1.807, 2.05) is 6.92 Å². The first-order valence-corrected chi connectivity index (χ1v) is 6.32. The Hall–Kier alpha value is -1.50. The minimum absolute atomic E-state index is 0.243. The van der Waals surface area contributed by atoms with Gasteiger partial charge in [0.1, 0.15) is 6.04 Å². The fourth-order valence-electron chi connectivity index (χ4n) is 1.56. The fourth-order valence-corrected chi connectivity index (χ4v) is 1.82. The van der Waals surface area contributed by atoms with Crippen molar-refractivity contribution in [2.75, 3.05) is 11.1 Å². The van der Waals surface area contributed by atoms with E-state index in [1.165, 1.54) is 6.92 Å². The van der Waals surface area contributed by atoms with Crippen molar-refractivity contribution >= 4 is 30.1 Å². The molecule has 0 aliphatic heterocycles. The third kappa shape index (κ3) is 3.76. The molecule has 1 unspecified atom stereocenters. The predicted octanol–water partition coefficient (Wildman–Crippen LogP) is 0.356. The molecule has 0 fully saturated rings. The summed E-state index contributed by atoms with van der Waals surface area (Å²) in [7, 11) is 1.79. The highest BCUT2D eigenvalue weighted by atomic mass is 32.1. The van der Waals surface area contributed by atoms with Crippen LogP contribution >= 0.6 is 12.6 Å². The quantitative estimate of drug-likeness (QED) is 0.676. The van der Waals surface area contributed by atoms with Gasteiger partial charge in [0, 0.05) is 25.9 Å². The van der Waals surface area contributed by atoms with Gasteiger partial charge in [0.2, 0.25) is 11.8 Å². The fraction of sp³-hybridized carbons (Fsp3) is 0.545. The number of rotatable bonds is 5. The molecule has 100 valence electrons. The number of hydrogen-bond donors (Lipinski definition) is 3. The van der Waals surface area contributed by atoms with Crippen molar-refractivity contribution in [3.8, 4) is 0 Å². The number of aryl methyl sites for hydroxylation is 2. The number of nitrogens with one attached hydrogen (secondary N) is 2. The zero-order valence-corrected chi connectivity index (χ0v) is 11.6. The van der Waals surface area contributed by atoms with Crippen molar-refractivity contribution in [3.63, 3.8) is 0 Å². The van der Waals surface area contributed by atoms with Gasteiger partial charge in [-0.05, 0) is 6.42 Å². The third-order valence-corrected chi connectivity index (χ3v) is 2.74. The maximum Gasteiger partial charge on any atom is 0.247 e. The molecule has 1 heterocycles. The topological polar surface area (TPSA) is 76.0 Å². The molecule has 1 atom stereocenters. The Morgan fingerprint density at radius 1 is 1.56 bits per heavy atom. The number of carbonyl (C=O) groups is 2. The molecule has 0 bridgehead atoms. The van der Waals surface area contributed by atoms with Crippen LogP contribution in [-0.4, -0.2) is 33.4 Å². The van der Waals surface area contributed by atoms with Crippen LogP contribution in [0.2, 0.25) is 0 Å². The van der Waals surface area contributed by atoms with Gasteiger partial charge in [0.25, 0.3) is 0 Å². The summed E-state index contributed by atoms with van der Waals surface area (Å²) in [6.45, 7) is 3.33. The Morgan fingerprint density at radius 2 is 2.22 bits per heavy atom. The van der Waals surface area contributed by atoms with Crippen LogP contribution in [0.4, 0.5) is 5.69 Å². The first-order chi connectivity index (χ1) is 8.47. The SMILES string of the molecule is CCc1nn(C)cc1NC(=O)C(CS)NC(C)=O. The Morgan fingerprint density at radius 3 is 2.72 bits per heavy atom. The van der Waals surface area contributed by atoms with Gasteiger partial charge in [0.15, 0.2) is 0 Å². The molecule has 0 saturated heterocycles. The summed E-state index contributed by atoms with van der Waals surface area (Å²) in [6.07, 6.45) is 2.46. The highest BCUT2D eigenvalue weighted by Gasteiger charge is 2.19. The van der Waals surface area contributed by atoms with E-state index in [0.29, 0.717) is 5.69 Å². The van der Waals surface area contributed by atoms with Crippen LogP contribution < -0.4 is 10.6 Å². The molecule has 2 amide bonds. The van der Waals surface area contributed by atoms with Gasteiger partial charge in [-0.1, -0.05) is 6.92 Å². The number of thiol groups is 1. The predicted molar refractivity (Wildman–Crippen MR) is 72.7 cm³/mol. The highest BCUT2D eigenvalue weighted by Crippen LogP contribution is 2.14. The molecule has 6 nitrogen and oxygen atoms in total. The molecular weight excluding hydrogens is 252 g/mol. The van der Waals surface area contributed by atoms with Crippen molar-refractivity contribution in [2.45, 2.75) is 26.3 Å². The maximum absolute atomic E-state index is 11.9. The standard InChI is InChI=1S/C11H18N4O2S/c1-4-8-9(5-15(3)14-8)13-11(17)10(6-18)12-7(2)16/h5,10,18H,4,6H2,1-3H3,(H,12,16)(H,13,17). The van der Waals surface area contributed by atoms with Crippen LogP contribution in [0.15, 0.2) is 6.20 Å². The number of amides is 2. The Kier molecular flexibility index (Phi) is 5.21. The van der Waals surface area contributed by atoms with Crippen molar-refractivity contribution in [1.82, 2.24) is 15.1 Å². The van der Waals surface area contributed by atoms with E-state index < -0.39 is 6.04 Å². The zero-order chi connectivity index (χ0) is 13.7. The molecule has 0 saturated carbocycles. The van der Waals surface area contributed by atoms with Crippen LogP contribution in [0.25, 0.3) is 0 Å². The summed E-state index contributed by atoms with van der Waals surface area (Å²) in [4.78, 5) is 22.9. The summed E-state index contributed by atoms with van der Waals surface area (Å²) in [5.74, 6) is -0.304. The summed E-state index contributed by atoms with van der Waals surface area (Å²) >= 11 is 4.05. The molecular formula is C11H18N4O2S. The van der Waals surface area contributed by atoms with E-state index in [4.69, 9.17) is 0 Å². The van der Waals surface area contributed by atoms with Crippen molar-refractivity contribution in [1.29, 1.82) is 0 Å². The second-order valence-corrected chi connectivity index (χ2v) is 4.31. The summed E-state index contributed by atoms with van der Waals surface area (Å²) in [6, 6.07) is -0.643. The molecule has 0 spiro atoms. The molecule has 18 heavy (non-hydrogen) atoms. The molecule has 0 aromatic carbocycles. The number of nitrogens with zero attached hydrogens (tertiary/aromatic N) is 2. The van der Waals surface area contributed by atoms with Gasteiger partial charge in [0.05, 0.1) is 11.4 Å². The van der Waals surface area contributed by atoms with Gasteiger partial charge < -0.3 is 10.6 Å². The van der Waals surface area contributed by atoms with E-state index in [-0.39, 0.29) is 17.6 Å². The molecule has 7 heteroatoms. The number of aromatic nitrogens is 2. The molecule has 1 aromatic rings. The average molecular weight is 270 g/mol.